The summed E-state index contributed by atoms with van der Waals surface area (Å²) in [5.74, 6) is 2.29. The van der Waals surface area contributed by atoms with Gasteiger partial charge in [0.15, 0.2) is 0 Å². The molecule has 1 aromatic carbocycles. The number of anilines is 1. The molecule has 4 bridgehead atoms. The SMILES string of the molecule is CCOC(=O)c1ccc(NC(=O)CN(C)C23CC4CC(CC(C4)C2)C3)cc1. The Hall–Kier alpha value is -1.88. The molecule has 0 heterocycles. The molecule has 0 atom stereocenters. The van der Waals surface area contributed by atoms with Gasteiger partial charge in [-0.1, -0.05) is 0 Å². The molecule has 4 aliphatic carbocycles. The Balaban J connectivity index is 1.35. The molecule has 1 aromatic rings. The number of hydrogen-bond acceptors (Lipinski definition) is 4. The van der Waals surface area contributed by atoms with Crippen molar-refractivity contribution in [2.24, 2.45) is 17.8 Å². The predicted octanol–water partition coefficient (Wildman–Crippen LogP) is 3.70. The molecule has 0 saturated heterocycles. The van der Waals surface area contributed by atoms with E-state index in [0.717, 1.165) is 17.8 Å². The molecule has 0 spiro atoms. The lowest BCUT2D eigenvalue weighted by molar-refractivity contribution is -0.123. The van der Waals surface area contributed by atoms with Crippen LogP contribution in [0, 0.1) is 17.8 Å². The number of amides is 1. The lowest BCUT2D eigenvalue weighted by Crippen LogP contribution is -2.59. The highest BCUT2D eigenvalue weighted by molar-refractivity contribution is 5.94. The summed E-state index contributed by atoms with van der Waals surface area (Å²) < 4.78 is 4.99. The molecular formula is C22H30N2O3. The number of hydrogen-bond donors (Lipinski definition) is 1. The molecule has 5 nitrogen and oxygen atoms in total. The highest BCUT2D eigenvalue weighted by Crippen LogP contribution is 2.57. The molecule has 0 unspecified atom stereocenters. The van der Waals surface area contributed by atoms with Crippen molar-refractivity contribution in [2.75, 3.05) is 25.5 Å². The van der Waals surface area contributed by atoms with Gasteiger partial charge >= 0.3 is 5.97 Å². The van der Waals surface area contributed by atoms with E-state index in [0.29, 0.717) is 24.4 Å². The first-order valence-electron chi connectivity index (χ1n) is 10.3. The second-order valence-corrected chi connectivity index (χ2v) is 8.84. The zero-order valence-corrected chi connectivity index (χ0v) is 16.4. The zero-order chi connectivity index (χ0) is 19.0. The second-order valence-electron chi connectivity index (χ2n) is 8.84. The molecule has 0 radical (unpaired) electrons. The Labute approximate surface area is 161 Å². The number of carbonyl (C=O) groups excluding carboxylic acids is 2. The van der Waals surface area contributed by atoms with E-state index < -0.39 is 0 Å². The molecule has 4 saturated carbocycles. The van der Waals surface area contributed by atoms with Crippen molar-refractivity contribution in [3.63, 3.8) is 0 Å². The largest absolute Gasteiger partial charge is 0.462 e. The van der Waals surface area contributed by atoms with Gasteiger partial charge in [-0.2, -0.15) is 0 Å². The van der Waals surface area contributed by atoms with Crippen LogP contribution in [-0.4, -0.2) is 42.5 Å². The van der Waals surface area contributed by atoms with E-state index in [1.165, 1.54) is 38.5 Å². The molecule has 5 rings (SSSR count). The number of nitrogens with one attached hydrogen (secondary N) is 1. The molecule has 146 valence electrons. The van der Waals surface area contributed by atoms with Crippen LogP contribution >= 0.6 is 0 Å². The van der Waals surface area contributed by atoms with Crippen LogP contribution in [-0.2, 0) is 9.53 Å². The first-order valence-corrected chi connectivity index (χ1v) is 10.3. The third-order valence-corrected chi connectivity index (χ3v) is 6.88. The van der Waals surface area contributed by atoms with E-state index in [-0.39, 0.29) is 17.4 Å². The Bertz CT molecular complexity index is 677. The Morgan fingerprint density at radius 2 is 1.63 bits per heavy atom. The summed E-state index contributed by atoms with van der Waals surface area (Å²) in [6.07, 6.45) is 8.01. The van der Waals surface area contributed by atoms with Gasteiger partial charge in [0.25, 0.3) is 0 Å². The van der Waals surface area contributed by atoms with Gasteiger partial charge in [0.1, 0.15) is 0 Å². The highest BCUT2D eigenvalue weighted by Gasteiger charge is 2.52. The van der Waals surface area contributed by atoms with E-state index in [1.807, 2.05) is 0 Å². The van der Waals surface area contributed by atoms with Crippen molar-refractivity contribution in [3.05, 3.63) is 29.8 Å². The first kappa shape index (κ1) is 18.5. The smallest absolute Gasteiger partial charge is 0.338 e. The van der Waals surface area contributed by atoms with Crippen LogP contribution in [0.1, 0.15) is 55.8 Å². The van der Waals surface area contributed by atoms with E-state index in [2.05, 4.69) is 17.3 Å². The van der Waals surface area contributed by atoms with Crippen molar-refractivity contribution in [2.45, 2.75) is 51.0 Å². The molecule has 1 N–H and O–H groups in total. The van der Waals surface area contributed by atoms with Crippen molar-refractivity contribution in [1.29, 1.82) is 0 Å². The van der Waals surface area contributed by atoms with E-state index in [1.54, 1.807) is 31.2 Å². The van der Waals surface area contributed by atoms with Gasteiger partial charge < -0.3 is 10.1 Å². The van der Waals surface area contributed by atoms with Crippen molar-refractivity contribution >= 4 is 17.6 Å². The van der Waals surface area contributed by atoms with E-state index >= 15 is 0 Å². The number of carbonyl (C=O) groups is 2. The summed E-state index contributed by atoms with van der Waals surface area (Å²) in [6.45, 7) is 2.56. The van der Waals surface area contributed by atoms with Crippen molar-refractivity contribution in [1.82, 2.24) is 4.90 Å². The molecule has 4 fully saturated rings. The number of rotatable bonds is 6. The minimum atomic E-state index is -0.336. The summed E-state index contributed by atoms with van der Waals surface area (Å²) in [7, 11) is 2.12. The lowest BCUT2D eigenvalue weighted by atomic mass is 9.52. The van der Waals surface area contributed by atoms with Gasteiger partial charge in [-0.25, -0.2) is 4.79 Å². The van der Waals surface area contributed by atoms with Crippen molar-refractivity contribution in [3.8, 4) is 0 Å². The standard InChI is InChI=1S/C22H30N2O3/c1-3-27-21(26)18-4-6-19(7-5-18)23-20(25)14-24(2)22-11-15-8-16(12-22)10-17(9-15)13-22/h4-7,15-17H,3,8-14H2,1-2H3,(H,23,25). The lowest BCUT2D eigenvalue weighted by Gasteiger charge is -2.59. The Kier molecular flexibility index (Phi) is 4.97. The molecule has 4 aliphatic rings. The van der Waals surface area contributed by atoms with Gasteiger partial charge in [0, 0.05) is 11.2 Å². The fourth-order valence-corrected chi connectivity index (χ4v) is 6.02. The Morgan fingerprint density at radius 3 is 2.15 bits per heavy atom. The molecule has 0 aliphatic heterocycles. The van der Waals surface area contributed by atoms with Crippen LogP contribution in [0.2, 0.25) is 0 Å². The third-order valence-electron chi connectivity index (χ3n) is 6.88. The van der Waals surface area contributed by atoms with Crippen LogP contribution in [0.4, 0.5) is 5.69 Å². The van der Waals surface area contributed by atoms with Gasteiger partial charge in [-0.15, -0.1) is 0 Å². The topological polar surface area (TPSA) is 58.6 Å². The fraction of sp³-hybridized carbons (Fsp3) is 0.636. The van der Waals surface area contributed by atoms with Gasteiger partial charge in [0.2, 0.25) is 5.91 Å². The van der Waals surface area contributed by atoms with Gasteiger partial charge in [0.05, 0.1) is 18.7 Å². The summed E-state index contributed by atoms with van der Waals surface area (Å²) in [5.41, 5.74) is 1.45. The van der Waals surface area contributed by atoms with E-state index in [4.69, 9.17) is 4.74 Å². The summed E-state index contributed by atoms with van der Waals surface area (Å²) in [6, 6.07) is 6.90. The average molecular weight is 370 g/mol. The first-order chi connectivity index (χ1) is 13.0. The van der Waals surface area contributed by atoms with Gasteiger partial charge in [-0.3, -0.25) is 9.69 Å². The highest BCUT2D eigenvalue weighted by atomic mass is 16.5. The summed E-state index contributed by atoms with van der Waals surface area (Å²) in [4.78, 5) is 26.6. The van der Waals surface area contributed by atoms with Crippen molar-refractivity contribution < 1.29 is 14.3 Å². The quantitative estimate of drug-likeness (QED) is 0.776. The molecule has 27 heavy (non-hydrogen) atoms. The fourth-order valence-electron chi connectivity index (χ4n) is 6.02. The summed E-state index contributed by atoms with van der Waals surface area (Å²) in [5, 5.41) is 2.97. The minimum absolute atomic E-state index is 0.0112. The predicted molar refractivity (Wildman–Crippen MR) is 105 cm³/mol. The molecule has 0 aromatic heterocycles. The van der Waals surface area contributed by atoms with Gasteiger partial charge in [-0.05, 0) is 94.5 Å². The number of esters is 1. The molecular weight excluding hydrogens is 340 g/mol. The maximum absolute atomic E-state index is 12.6. The number of benzene rings is 1. The van der Waals surface area contributed by atoms with Crippen LogP contribution in [0.3, 0.4) is 0 Å². The van der Waals surface area contributed by atoms with Crippen LogP contribution in [0.15, 0.2) is 24.3 Å². The van der Waals surface area contributed by atoms with Crippen LogP contribution < -0.4 is 5.32 Å². The third kappa shape index (κ3) is 3.75. The monoisotopic (exact) mass is 370 g/mol. The zero-order valence-electron chi connectivity index (χ0n) is 16.4. The number of likely N-dealkylation sites (N-methyl/N-ethyl adjacent to an activating group) is 1. The number of ether oxygens (including phenoxy) is 1. The molecule has 5 heteroatoms. The maximum Gasteiger partial charge on any atom is 0.338 e. The van der Waals surface area contributed by atoms with Crippen LogP contribution in [0.5, 0.6) is 0 Å². The second kappa shape index (κ2) is 7.27. The van der Waals surface area contributed by atoms with Crippen LogP contribution in [0.25, 0.3) is 0 Å². The normalized spacial score (nSPS) is 31.1. The molecule has 1 amide bonds. The Morgan fingerprint density at radius 1 is 1.07 bits per heavy atom. The summed E-state index contributed by atoms with van der Waals surface area (Å²) >= 11 is 0. The maximum atomic E-state index is 12.6. The minimum Gasteiger partial charge on any atom is -0.462 e. The van der Waals surface area contributed by atoms with E-state index in [9.17, 15) is 9.59 Å². The number of nitrogens with zero attached hydrogens (tertiary/aromatic N) is 1. The average Bonchev–Trinajstić information content (AvgIpc) is 2.61.